The lowest BCUT2D eigenvalue weighted by Crippen LogP contribution is -2.41. The van der Waals surface area contributed by atoms with Crippen molar-refractivity contribution in [3.05, 3.63) is 23.8 Å². The van der Waals surface area contributed by atoms with Gasteiger partial charge in [-0.3, -0.25) is 8.86 Å². The molecule has 0 unspecified atom stereocenters. The van der Waals surface area contributed by atoms with Gasteiger partial charge in [-0.1, -0.05) is 0 Å². The van der Waals surface area contributed by atoms with E-state index in [9.17, 15) is 21.6 Å². The van der Waals surface area contributed by atoms with Crippen molar-refractivity contribution in [2.45, 2.75) is 6.18 Å². The molecule has 1 N–H and O–H groups in total. The zero-order valence-electron chi connectivity index (χ0n) is 11.7. The minimum atomic E-state index is -4.64. The Hall–Kier alpha value is -1.52. The molecular weight excluding hydrogens is 323 g/mol. The molecule has 0 atom stereocenters. The molecule has 0 aromatic heterocycles. The van der Waals surface area contributed by atoms with Gasteiger partial charge in [-0.25, -0.2) is 5.32 Å². The predicted molar refractivity (Wildman–Crippen MR) is 75.5 cm³/mol. The van der Waals surface area contributed by atoms with Crippen molar-refractivity contribution in [3.8, 4) is 0 Å². The van der Waals surface area contributed by atoms with Crippen molar-refractivity contribution in [2.24, 2.45) is 0 Å². The average Bonchev–Trinajstić information content (AvgIpc) is 2.45. The molecule has 1 fully saturated rings. The van der Waals surface area contributed by atoms with E-state index in [0.717, 1.165) is 13.1 Å². The molecule has 0 bridgehead atoms. The molecule has 1 aliphatic heterocycles. The largest absolute Gasteiger partial charge is 0.418 e. The standard InChI is InChI=1S/C12H15F3N3O3S/c1-17(22(19,20)21)9-2-3-11(10(8-9)12(13,14)15)18-6-4-16-5-7-18/h2-3,8H,4-7H2,1H3,(H,19,20,21). The average molecular weight is 338 g/mol. The topological polar surface area (TPSA) is 75.0 Å². The number of alkyl halides is 3. The van der Waals surface area contributed by atoms with Gasteiger partial charge in [-0.05, 0) is 18.2 Å². The maximum absolute atomic E-state index is 13.3. The number of hydrogen-bond donors (Lipinski definition) is 1. The number of hydrogen-bond acceptors (Lipinski definition) is 3. The highest BCUT2D eigenvalue weighted by Crippen LogP contribution is 2.39. The number of halogens is 3. The van der Waals surface area contributed by atoms with E-state index in [4.69, 9.17) is 4.55 Å². The summed E-state index contributed by atoms with van der Waals surface area (Å²) in [4.78, 5) is 1.56. The third-order valence-electron chi connectivity index (χ3n) is 3.39. The van der Waals surface area contributed by atoms with Crippen LogP contribution in [0.25, 0.3) is 0 Å². The fourth-order valence-corrected chi connectivity index (χ4v) is 2.58. The molecule has 1 aliphatic rings. The monoisotopic (exact) mass is 338 g/mol. The number of rotatable bonds is 3. The van der Waals surface area contributed by atoms with Gasteiger partial charge in [0.05, 0.1) is 11.3 Å². The van der Waals surface area contributed by atoms with Crippen molar-refractivity contribution >= 4 is 21.7 Å². The molecule has 0 aliphatic carbocycles. The summed E-state index contributed by atoms with van der Waals surface area (Å²) in [6, 6.07) is 3.16. The highest BCUT2D eigenvalue weighted by Gasteiger charge is 2.36. The highest BCUT2D eigenvalue weighted by molar-refractivity contribution is 7.87. The fraction of sp³-hybridized carbons (Fsp3) is 0.500. The Kier molecular flexibility index (Phi) is 4.54. The van der Waals surface area contributed by atoms with Crippen molar-refractivity contribution in [1.82, 2.24) is 5.32 Å². The van der Waals surface area contributed by atoms with Crippen LogP contribution in [-0.4, -0.2) is 46.2 Å². The van der Waals surface area contributed by atoms with Gasteiger partial charge in [0.25, 0.3) is 0 Å². The van der Waals surface area contributed by atoms with E-state index in [1.54, 1.807) is 4.90 Å². The Morgan fingerprint density at radius 1 is 1.27 bits per heavy atom. The van der Waals surface area contributed by atoms with Gasteiger partial charge in [0, 0.05) is 38.9 Å². The third kappa shape index (κ3) is 3.62. The Labute approximate surface area is 126 Å². The van der Waals surface area contributed by atoms with E-state index >= 15 is 0 Å². The van der Waals surface area contributed by atoms with Gasteiger partial charge < -0.3 is 4.90 Å². The maximum Gasteiger partial charge on any atom is 0.418 e. The molecular formula is C12H15F3N3O3S. The van der Waals surface area contributed by atoms with E-state index in [-0.39, 0.29) is 11.4 Å². The van der Waals surface area contributed by atoms with Crippen LogP contribution in [0.2, 0.25) is 0 Å². The molecule has 10 heteroatoms. The van der Waals surface area contributed by atoms with Gasteiger partial charge in [0.15, 0.2) is 0 Å². The van der Waals surface area contributed by atoms with Crippen LogP contribution in [0.1, 0.15) is 5.56 Å². The third-order valence-corrected chi connectivity index (χ3v) is 4.29. The minimum Gasteiger partial charge on any atom is -0.368 e. The van der Waals surface area contributed by atoms with Gasteiger partial charge in [0.1, 0.15) is 0 Å². The van der Waals surface area contributed by atoms with E-state index < -0.39 is 22.0 Å². The highest BCUT2D eigenvalue weighted by atomic mass is 32.2. The van der Waals surface area contributed by atoms with Crippen LogP contribution in [0.3, 0.4) is 0 Å². The molecule has 1 radical (unpaired) electrons. The first-order valence-electron chi connectivity index (χ1n) is 6.41. The summed E-state index contributed by atoms with van der Waals surface area (Å²) in [7, 11) is -3.64. The van der Waals surface area contributed by atoms with Crippen molar-refractivity contribution < 1.29 is 26.1 Å². The van der Waals surface area contributed by atoms with E-state index in [0.29, 0.717) is 30.5 Å². The maximum atomic E-state index is 13.3. The molecule has 1 aromatic carbocycles. The summed E-state index contributed by atoms with van der Waals surface area (Å²) in [5, 5.41) is 4.08. The summed E-state index contributed by atoms with van der Waals surface area (Å²) >= 11 is 0. The Bertz CT molecular complexity index is 643. The molecule has 22 heavy (non-hydrogen) atoms. The summed E-state index contributed by atoms with van der Waals surface area (Å²) in [5.74, 6) is 0. The van der Waals surface area contributed by atoms with Crippen LogP contribution in [0.4, 0.5) is 24.5 Å². The quantitative estimate of drug-likeness (QED) is 0.845. The smallest absolute Gasteiger partial charge is 0.368 e. The minimum absolute atomic E-state index is 0.0186. The first-order valence-corrected chi connectivity index (χ1v) is 7.81. The van der Waals surface area contributed by atoms with Crippen LogP contribution >= 0.6 is 0 Å². The van der Waals surface area contributed by atoms with Gasteiger partial charge in [0.2, 0.25) is 0 Å². The SMILES string of the molecule is CN(c1ccc(N2CC[N]CC2)c(C(F)(F)F)c1)S(=O)(=O)O. The summed E-state index contributed by atoms with van der Waals surface area (Å²) < 4.78 is 71.2. The molecule has 1 saturated heterocycles. The van der Waals surface area contributed by atoms with E-state index in [1.165, 1.54) is 12.1 Å². The molecule has 123 valence electrons. The number of anilines is 2. The Balaban J connectivity index is 2.47. The fourth-order valence-electron chi connectivity index (χ4n) is 2.20. The van der Waals surface area contributed by atoms with E-state index in [2.05, 4.69) is 5.32 Å². The van der Waals surface area contributed by atoms with Crippen LogP contribution in [0.15, 0.2) is 18.2 Å². The molecule has 0 spiro atoms. The van der Waals surface area contributed by atoms with Crippen LogP contribution in [-0.2, 0) is 16.5 Å². The van der Waals surface area contributed by atoms with Crippen LogP contribution in [0.5, 0.6) is 0 Å². The normalized spacial score (nSPS) is 16.7. The number of piperazine rings is 1. The molecule has 1 heterocycles. The lowest BCUT2D eigenvalue weighted by molar-refractivity contribution is -0.137. The van der Waals surface area contributed by atoms with Gasteiger partial charge >= 0.3 is 16.5 Å². The number of nitrogens with zero attached hydrogens (tertiary/aromatic N) is 3. The Morgan fingerprint density at radius 2 is 1.86 bits per heavy atom. The number of benzene rings is 1. The molecule has 0 amide bonds. The second kappa shape index (κ2) is 5.94. The zero-order chi connectivity index (χ0) is 16.5. The first kappa shape index (κ1) is 16.8. The first-order chi connectivity index (χ1) is 10.1. The van der Waals surface area contributed by atoms with E-state index in [1.807, 2.05) is 0 Å². The Morgan fingerprint density at radius 3 is 2.36 bits per heavy atom. The van der Waals surface area contributed by atoms with Crippen molar-refractivity contribution in [3.63, 3.8) is 0 Å². The second-order valence-corrected chi connectivity index (χ2v) is 6.25. The molecule has 2 rings (SSSR count). The van der Waals surface area contributed by atoms with Crippen LogP contribution in [0, 0.1) is 0 Å². The predicted octanol–water partition coefficient (Wildman–Crippen LogP) is 1.37. The second-order valence-electron chi connectivity index (χ2n) is 4.80. The lowest BCUT2D eigenvalue weighted by Gasteiger charge is -2.31. The zero-order valence-corrected chi connectivity index (χ0v) is 12.5. The molecule has 6 nitrogen and oxygen atoms in total. The lowest BCUT2D eigenvalue weighted by atomic mass is 10.1. The van der Waals surface area contributed by atoms with Gasteiger partial charge in [-0.2, -0.15) is 21.6 Å². The molecule has 1 aromatic rings. The summed E-state index contributed by atoms with van der Waals surface area (Å²) in [6.07, 6.45) is -4.64. The van der Waals surface area contributed by atoms with Crippen molar-refractivity contribution in [1.29, 1.82) is 0 Å². The summed E-state index contributed by atoms with van der Waals surface area (Å²) in [5.41, 5.74) is -1.22. The molecule has 0 saturated carbocycles. The van der Waals surface area contributed by atoms with Crippen molar-refractivity contribution in [2.75, 3.05) is 42.4 Å². The van der Waals surface area contributed by atoms with Crippen LogP contribution < -0.4 is 14.5 Å². The van der Waals surface area contributed by atoms with Gasteiger partial charge in [-0.15, -0.1) is 0 Å². The summed E-state index contributed by atoms with van der Waals surface area (Å²) in [6.45, 7) is 1.64.